The number of halogens is 4. The van der Waals surface area contributed by atoms with Crippen molar-refractivity contribution in [3.05, 3.63) is 22.7 Å². The maximum absolute atomic E-state index is 12.4. The average Bonchev–Trinajstić information content (AvgIpc) is 2.26. The maximum Gasteiger partial charge on any atom is 0.573 e. The molecule has 106 valence electrons. The average molecular weight is 339 g/mol. The number of nitrogens with zero attached hydrogens (tertiary/aromatic N) is 1. The zero-order chi connectivity index (χ0) is 14.0. The summed E-state index contributed by atoms with van der Waals surface area (Å²) in [6, 6.07) is 4.93. The number of benzene rings is 1. The third kappa shape index (κ3) is 4.01. The van der Waals surface area contributed by atoms with Crippen LogP contribution in [0.4, 0.5) is 18.9 Å². The highest BCUT2D eigenvalue weighted by Gasteiger charge is 2.33. The smallest absolute Gasteiger partial charge is 0.404 e. The van der Waals surface area contributed by atoms with Gasteiger partial charge in [0.1, 0.15) is 0 Å². The Morgan fingerprint density at radius 2 is 2.16 bits per heavy atom. The van der Waals surface area contributed by atoms with Crippen LogP contribution in [0.3, 0.4) is 0 Å². The van der Waals surface area contributed by atoms with E-state index in [-0.39, 0.29) is 11.8 Å². The molecule has 0 amide bonds. The van der Waals surface area contributed by atoms with Crippen molar-refractivity contribution in [1.82, 2.24) is 5.32 Å². The SMILES string of the molecule is CC1CN(c2ccc(Br)cc2OC(F)(F)F)CCN1. The molecule has 1 atom stereocenters. The van der Waals surface area contributed by atoms with Gasteiger partial charge in [-0.2, -0.15) is 0 Å². The second kappa shape index (κ2) is 5.58. The summed E-state index contributed by atoms with van der Waals surface area (Å²) in [7, 11) is 0. The quantitative estimate of drug-likeness (QED) is 0.896. The molecule has 1 heterocycles. The molecule has 1 aromatic rings. The molecular weight excluding hydrogens is 325 g/mol. The molecule has 0 radical (unpaired) electrons. The first-order chi connectivity index (χ1) is 8.85. The molecule has 19 heavy (non-hydrogen) atoms. The number of anilines is 1. The van der Waals surface area contributed by atoms with Crippen LogP contribution in [0, 0.1) is 0 Å². The van der Waals surface area contributed by atoms with Crippen LogP contribution >= 0.6 is 15.9 Å². The maximum atomic E-state index is 12.4. The molecule has 1 aliphatic rings. The van der Waals surface area contributed by atoms with E-state index in [4.69, 9.17) is 0 Å². The van der Waals surface area contributed by atoms with Crippen molar-refractivity contribution in [3.8, 4) is 5.75 Å². The lowest BCUT2D eigenvalue weighted by Gasteiger charge is -2.34. The number of ether oxygens (including phenoxy) is 1. The summed E-state index contributed by atoms with van der Waals surface area (Å²) in [6.45, 7) is 4.04. The number of nitrogens with one attached hydrogen (secondary N) is 1. The second-order valence-electron chi connectivity index (χ2n) is 4.46. The molecule has 1 saturated heterocycles. The highest BCUT2D eigenvalue weighted by Crippen LogP contribution is 2.35. The highest BCUT2D eigenvalue weighted by atomic mass is 79.9. The normalized spacial score (nSPS) is 20.5. The van der Waals surface area contributed by atoms with Gasteiger partial charge in [-0.25, -0.2) is 0 Å². The van der Waals surface area contributed by atoms with Crippen molar-refractivity contribution < 1.29 is 17.9 Å². The Morgan fingerprint density at radius 1 is 1.42 bits per heavy atom. The van der Waals surface area contributed by atoms with Crippen molar-refractivity contribution in [2.45, 2.75) is 19.3 Å². The van der Waals surface area contributed by atoms with E-state index in [1.165, 1.54) is 6.07 Å². The van der Waals surface area contributed by atoms with Gasteiger partial charge in [0.05, 0.1) is 5.69 Å². The third-order valence-electron chi connectivity index (χ3n) is 2.86. The van der Waals surface area contributed by atoms with Crippen molar-refractivity contribution >= 4 is 21.6 Å². The number of hydrogen-bond acceptors (Lipinski definition) is 3. The fourth-order valence-corrected chi connectivity index (χ4v) is 2.45. The lowest BCUT2D eigenvalue weighted by molar-refractivity contribution is -0.274. The summed E-state index contributed by atoms with van der Waals surface area (Å²) in [4.78, 5) is 1.90. The molecule has 7 heteroatoms. The van der Waals surface area contributed by atoms with Crippen molar-refractivity contribution in [1.29, 1.82) is 0 Å². The molecule has 1 fully saturated rings. The van der Waals surface area contributed by atoms with Crippen molar-refractivity contribution in [2.75, 3.05) is 24.5 Å². The van der Waals surface area contributed by atoms with Gasteiger partial charge in [-0.3, -0.25) is 0 Å². The molecule has 0 saturated carbocycles. The molecule has 0 bridgehead atoms. The topological polar surface area (TPSA) is 24.5 Å². The number of rotatable bonds is 2. The van der Waals surface area contributed by atoms with Gasteiger partial charge >= 0.3 is 6.36 Å². The van der Waals surface area contributed by atoms with E-state index in [2.05, 4.69) is 26.0 Å². The van der Waals surface area contributed by atoms with Crippen LogP contribution in [0.5, 0.6) is 5.75 Å². The molecule has 1 unspecified atom stereocenters. The van der Waals surface area contributed by atoms with E-state index in [0.29, 0.717) is 23.2 Å². The van der Waals surface area contributed by atoms with E-state index in [1.807, 2.05) is 11.8 Å². The molecular formula is C12H14BrF3N2O. The Labute approximate surface area is 117 Å². The molecule has 3 nitrogen and oxygen atoms in total. The molecule has 1 aromatic carbocycles. The summed E-state index contributed by atoms with van der Waals surface area (Å²) in [5.74, 6) is -0.170. The summed E-state index contributed by atoms with van der Waals surface area (Å²) in [5, 5.41) is 3.25. The minimum Gasteiger partial charge on any atom is -0.404 e. The Bertz CT molecular complexity index is 453. The predicted octanol–water partition coefficient (Wildman–Crippen LogP) is 3.15. The van der Waals surface area contributed by atoms with Crippen LogP contribution in [-0.2, 0) is 0 Å². The Balaban J connectivity index is 2.28. The van der Waals surface area contributed by atoms with Gasteiger partial charge < -0.3 is 15.0 Å². The molecule has 1 N–H and O–H groups in total. The Morgan fingerprint density at radius 3 is 2.79 bits per heavy atom. The fraction of sp³-hybridized carbons (Fsp3) is 0.500. The van der Waals surface area contributed by atoms with Crippen LogP contribution in [0.15, 0.2) is 22.7 Å². The lowest BCUT2D eigenvalue weighted by atomic mass is 10.2. The van der Waals surface area contributed by atoms with Crippen LogP contribution in [0.2, 0.25) is 0 Å². The standard InChI is InChI=1S/C12H14BrF3N2O/c1-8-7-18(5-4-17-8)10-3-2-9(13)6-11(10)19-12(14,15)16/h2-3,6,8,17H,4-5,7H2,1H3. The summed E-state index contributed by atoms with van der Waals surface area (Å²) in [5.41, 5.74) is 0.467. The van der Waals surface area contributed by atoms with Crippen LogP contribution in [-0.4, -0.2) is 32.0 Å². The minimum absolute atomic E-state index is 0.170. The summed E-state index contributed by atoms with van der Waals surface area (Å²) in [6.07, 6.45) is -4.69. The number of hydrogen-bond donors (Lipinski definition) is 1. The van der Waals surface area contributed by atoms with Crippen molar-refractivity contribution in [3.63, 3.8) is 0 Å². The van der Waals surface area contributed by atoms with E-state index in [0.717, 1.165) is 6.54 Å². The number of alkyl halides is 3. The summed E-state index contributed by atoms with van der Waals surface area (Å²) < 4.78 is 41.9. The molecule has 0 spiro atoms. The van der Waals surface area contributed by atoms with Gasteiger partial charge in [-0.05, 0) is 25.1 Å². The zero-order valence-corrected chi connectivity index (χ0v) is 11.9. The van der Waals surface area contributed by atoms with Crippen LogP contribution in [0.1, 0.15) is 6.92 Å². The van der Waals surface area contributed by atoms with E-state index in [9.17, 15) is 13.2 Å². The predicted molar refractivity (Wildman–Crippen MR) is 70.5 cm³/mol. The number of piperazine rings is 1. The van der Waals surface area contributed by atoms with Crippen LogP contribution in [0.25, 0.3) is 0 Å². The van der Waals surface area contributed by atoms with E-state index >= 15 is 0 Å². The Kier molecular flexibility index (Phi) is 4.25. The zero-order valence-electron chi connectivity index (χ0n) is 10.3. The second-order valence-corrected chi connectivity index (χ2v) is 5.38. The van der Waals surface area contributed by atoms with Gasteiger partial charge in [0.15, 0.2) is 5.75 Å². The van der Waals surface area contributed by atoms with Gasteiger partial charge in [0, 0.05) is 30.1 Å². The first-order valence-electron chi connectivity index (χ1n) is 5.89. The molecule has 1 aliphatic heterocycles. The molecule has 2 rings (SSSR count). The van der Waals surface area contributed by atoms with Gasteiger partial charge in [0.25, 0.3) is 0 Å². The van der Waals surface area contributed by atoms with Gasteiger partial charge in [-0.1, -0.05) is 15.9 Å². The first-order valence-corrected chi connectivity index (χ1v) is 6.68. The van der Waals surface area contributed by atoms with E-state index in [1.54, 1.807) is 12.1 Å². The summed E-state index contributed by atoms with van der Waals surface area (Å²) >= 11 is 3.16. The largest absolute Gasteiger partial charge is 0.573 e. The molecule has 0 aliphatic carbocycles. The Hall–Kier alpha value is -0.950. The minimum atomic E-state index is -4.69. The van der Waals surface area contributed by atoms with Gasteiger partial charge in [-0.15, -0.1) is 13.2 Å². The third-order valence-corrected chi connectivity index (χ3v) is 3.35. The highest BCUT2D eigenvalue weighted by molar-refractivity contribution is 9.10. The fourth-order valence-electron chi connectivity index (χ4n) is 2.11. The molecule has 0 aromatic heterocycles. The lowest BCUT2D eigenvalue weighted by Crippen LogP contribution is -2.49. The van der Waals surface area contributed by atoms with Crippen molar-refractivity contribution in [2.24, 2.45) is 0 Å². The van der Waals surface area contributed by atoms with E-state index < -0.39 is 6.36 Å². The van der Waals surface area contributed by atoms with Gasteiger partial charge in [0.2, 0.25) is 0 Å². The monoisotopic (exact) mass is 338 g/mol. The first kappa shape index (κ1) is 14.5. The van der Waals surface area contributed by atoms with Crippen LogP contribution < -0.4 is 15.0 Å².